The quantitative estimate of drug-likeness (QED) is 0.642. The van der Waals surface area contributed by atoms with Gasteiger partial charge in [-0.15, -0.1) is 11.6 Å². The minimum Gasteiger partial charge on any atom is -0.126 e. The fraction of sp³-hybridized carbons (Fsp3) is 0.500. The molecule has 1 aromatic carbocycles. The summed E-state index contributed by atoms with van der Waals surface area (Å²) in [5.74, 6) is 1.81. The zero-order chi connectivity index (χ0) is 9.84. The molecule has 72 valence electrons. The van der Waals surface area contributed by atoms with Crippen molar-refractivity contribution in [2.75, 3.05) is 5.88 Å². The molecular formula is C12H17Cl. The van der Waals surface area contributed by atoms with Gasteiger partial charge in [0.2, 0.25) is 0 Å². The van der Waals surface area contributed by atoms with E-state index in [9.17, 15) is 0 Å². The maximum atomic E-state index is 5.94. The Kier molecular flexibility index (Phi) is 3.80. The van der Waals surface area contributed by atoms with Gasteiger partial charge >= 0.3 is 0 Å². The van der Waals surface area contributed by atoms with Crippen molar-refractivity contribution in [3.8, 4) is 0 Å². The first-order valence-electron chi connectivity index (χ1n) is 4.77. The van der Waals surface area contributed by atoms with Crippen LogP contribution >= 0.6 is 11.6 Å². The third-order valence-electron chi connectivity index (χ3n) is 2.48. The molecule has 0 amide bonds. The second-order valence-electron chi connectivity index (χ2n) is 3.92. The number of benzene rings is 1. The van der Waals surface area contributed by atoms with E-state index in [1.54, 1.807) is 0 Å². The van der Waals surface area contributed by atoms with Crippen LogP contribution in [0.1, 0.15) is 30.9 Å². The maximum Gasteiger partial charge on any atom is 0.0294 e. The number of alkyl halides is 1. The van der Waals surface area contributed by atoms with E-state index in [2.05, 4.69) is 45.0 Å². The average molecular weight is 197 g/mol. The molecule has 0 spiro atoms. The summed E-state index contributed by atoms with van der Waals surface area (Å²) < 4.78 is 0. The minimum absolute atomic E-state index is 0.488. The average Bonchev–Trinajstić information content (AvgIpc) is 2.09. The molecule has 0 nitrogen and oxygen atoms in total. The van der Waals surface area contributed by atoms with Gasteiger partial charge in [-0.3, -0.25) is 0 Å². The van der Waals surface area contributed by atoms with Gasteiger partial charge in [-0.05, 0) is 24.3 Å². The molecule has 0 fully saturated rings. The van der Waals surface area contributed by atoms with Gasteiger partial charge < -0.3 is 0 Å². The Hall–Kier alpha value is -0.490. The monoisotopic (exact) mass is 196 g/mol. The fourth-order valence-corrected chi connectivity index (χ4v) is 2.00. The van der Waals surface area contributed by atoms with E-state index >= 15 is 0 Å². The Labute approximate surface area is 85.9 Å². The highest BCUT2D eigenvalue weighted by atomic mass is 35.5. The molecule has 1 atom stereocenters. The van der Waals surface area contributed by atoms with Crippen LogP contribution in [0.2, 0.25) is 0 Å². The minimum atomic E-state index is 0.488. The van der Waals surface area contributed by atoms with Crippen LogP contribution in [-0.4, -0.2) is 5.88 Å². The molecule has 1 heteroatoms. The first-order chi connectivity index (χ1) is 6.15. The van der Waals surface area contributed by atoms with Crippen LogP contribution < -0.4 is 0 Å². The Morgan fingerprint density at radius 1 is 1.15 bits per heavy atom. The molecule has 0 aromatic heterocycles. The molecule has 1 unspecified atom stereocenters. The van der Waals surface area contributed by atoms with Crippen molar-refractivity contribution < 1.29 is 0 Å². The predicted molar refractivity (Wildman–Crippen MR) is 59.5 cm³/mol. The summed E-state index contributed by atoms with van der Waals surface area (Å²) in [5.41, 5.74) is 2.66. The molecule has 0 N–H and O–H groups in total. The third kappa shape index (κ3) is 2.73. The molecule has 1 rings (SSSR count). The highest BCUT2D eigenvalue weighted by molar-refractivity contribution is 6.18. The lowest BCUT2D eigenvalue weighted by Crippen LogP contribution is -2.08. The third-order valence-corrected chi connectivity index (χ3v) is 2.81. The molecule has 0 bridgehead atoms. The second-order valence-corrected chi connectivity index (χ2v) is 4.22. The number of hydrogen-bond acceptors (Lipinski definition) is 0. The maximum absolute atomic E-state index is 5.94. The van der Waals surface area contributed by atoms with Gasteiger partial charge in [0, 0.05) is 5.88 Å². The van der Waals surface area contributed by atoms with Gasteiger partial charge in [-0.25, -0.2) is 0 Å². The van der Waals surface area contributed by atoms with Crippen LogP contribution in [0.15, 0.2) is 24.3 Å². The summed E-state index contributed by atoms with van der Waals surface area (Å²) in [6.45, 7) is 6.54. The molecule has 13 heavy (non-hydrogen) atoms. The van der Waals surface area contributed by atoms with Crippen LogP contribution in [0.5, 0.6) is 0 Å². The lowest BCUT2D eigenvalue weighted by atomic mass is 9.90. The summed E-state index contributed by atoms with van der Waals surface area (Å²) in [6.07, 6.45) is 0. The normalized spacial score (nSPS) is 13.3. The SMILES string of the molecule is Cc1ccc(C(CCl)C(C)C)cc1. The van der Waals surface area contributed by atoms with Crippen LogP contribution in [0.4, 0.5) is 0 Å². The number of halogens is 1. The molecular weight excluding hydrogens is 180 g/mol. The van der Waals surface area contributed by atoms with E-state index in [1.165, 1.54) is 11.1 Å². The molecule has 0 saturated carbocycles. The topological polar surface area (TPSA) is 0 Å². The molecule has 0 radical (unpaired) electrons. The van der Waals surface area contributed by atoms with E-state index < -0.39 is 0 Å². The Morgan fingerprint density at radius 2 is 1.69 bits per heavy atom. The Morgan fingerprint density at radius 3 is 2.08 bits per heavy atom. The first kappa shape index (κ1) is 10.6. The van der Waals surface area contributed by atoms with E-state index in [0.717, 1.165) is 0 Å². The van der Waals surface area contributed by atoms with Gasteiger partial charge in [0.25, 0.3) is 0 Å². The highest BCUT2D eigenvalue weighted by Gasteiger charge is 2.13. The lowest BCUT2D eigenvalue weighted by molar-refractivity contribution is 0.539. The van der Waals surface area contributed by atoms with Crippen LogP contribution in [0.3, 0.4) is 0 Å². The van der Waals surface area contributed by atoms with E-state index in [4.69, 9.17) is 11.6 Å². The fourth-order valence-electron chi connectivity index (χ4n) is 1.47. The molecule has 0 aliphatic carbocycles. The molecule has 1 aromatic rings. The van der Waals surface area contributed by atoms with Gasteiger partial charge in [-0.1, -0.05) is 43.7 Å². The van der Waals surface area contributed by atoms with Gasteiger partial charge in [0.05, 0.1) is 0 Å². The molecule has 0 heterocycles. The Bertz CT molecular complexity index is 248. The standard InChI is InChI=1S/C12H17Cl/c1-9(2)12(8-13)11-6-4-10(3)5-7-11/h4-7,9,12H,8H2,1-3H3. The summed E-state index contributed by atoms with van der Waals surface area (Å²) in [7, 11) is 0. The summed E-state index contributed by atoms with van der Waals surface area (Å²) in [6, 6.07) is 8.67. The van der Waals surface area contributed by atoms with Crippen molar-refractivity contribution in [2.45, 2.75) is 26.7 Å². The van der Waals surface area contributed by atoms with Crippen molar-refractivity contribution in [1.29, 1.82) is 0 Å². The van der Waals surface area contributed by atoms with Crippen LogP contribution in [0, 0.1) is 12.8 Å². The van der Waals surface area contributed by atoms with Gasteiger partial charge in [0.15, 0.2) is 0 Å². The molecule has 0 aliphatic rings. The smallest absolute Gasteiger partial charge is 0.0294 e. The lowest BCUT2D eigenvalue weighted by Gasteiger charge is -2.18. The zero-order valence-corrected chi connectivity index (χ0v) is 9.31. The number of aryl methyl sites for hydroxylation is 1. The number of hydrogen-bond donors (Lipinski definition) is 0. The molecule has 0 saturated heterocycles. The van der Waals surface area contributed by atoms with Crippen LogP contribution in [-0.2, 0) is 0 Å². The first-order valence-corrected chi connectivity index (χ1v) is 5.31. The number of rotatable bonds is 3. The van der Waals surface area contributed by atoms with Crippen molar-refractivity contribution >= 4 is 11.6 Å². The van der Waals surface area contributed by atoms with E-state index in [1.807, 2.05) is 0 Å². The Balaban J connectivity index is 2.86. The van der Waals surface area contributed by atoms with Crippen molar-refractivity contribution in [2.24, 2.45) is 5.92 Å². The van der Waals surface area contributed by atoms with E-state index in [-0.39, 0.29) is 0 Å². The van der Waals surface area contributed by atoms with Crippen molar-refractivity contribution in [3.05, 3.63) is 35.4 Å². The summed E-state index contributed by atoms with van der Waals surface area (Å²) in [5, 5.41) is 0. The molecule has 0 aliphatic heterocycles. The zero-order valence-electron chi connectivity index (χ0n) is 8.55. The van der Waals surface area contributed by atoms with Crippen LogP contribution in [0.25, 0.3) is 0 Å². The van der Waals surface area contributed by atoms with Gasteiger partial charge in [-0.2, -0.15) is 0 Å². The predicted octanol–water partition coefficient (Wildman–Crippen LogP) is 3.97. The highest BCUT2D eigenvalue weighted by Crippen LogP contribution is 2.25. The van der Waals surface area contributed by atoms with Crippen molar-refractivity contribution in [1.82, 2.24) is 0 Å². The van der Waals surface area contributed by atoms with Gasteiger partial charge in [0.1, 0.15) is 0 Å². The van der Waals surface area contributed by atoms with Crippen molar-refractivity contribution in [3.63, 3.8) is 0 Å². The summed E-state index contributed by atoms with van der Waals surface area (Å²) in [4.78, 5) is 0. The second kappa shape index (κ2) is 4.66. The summed E-state index contributed by atoms with van der Waals surface area (Å²) >= 11 is 5.94. The largest absolute Gasteiger partial charge is 0.126 e. The van der Waals surface area contributed by atoms with E-state index in [0.29, 0.717) is 17.7 Å².